The lowest BCUT2D eigenvalue weighted by Gasteiger charge is -2.07. The number of benzene rings is 1. The van der Waals surface area contributed by atoms with Crippen molar-refractivity contribution in [2.24, 2.45) is 0 Å². The summed E-state index contributed by atoms with van der Waals surface area (Å²) in [5.41, 5.74) is 6.09. The molecule has 0 aliphatic carbocycles. The minimum Gasteiger partial charge on any atom is -0.358 e. The summed E-state index contributed by atoms with van der Waals surface area (Å²) in [7, 11) is 0. The molecule has 27 heavy (non-hydrogen) atoms. The van der Waals surface area contributed by atoms with Crippen LogP contribution in [0.4, 0.5) is 0 Å². The third-order valence-corrected chi connectivity index (χ3v) is 5.41. The molecule has 0 aliphatic heterocycles. The molecule has 136 valence electrons. The van der Waals surface area contributed by atoms with Crippen molar-refractivity contribution in [3.8, 4) is 10.8 Å². The van der Waals surface area contributed by atoms with Crippen molar-refractivity contribution >= 4 is 28.1 Å². The van der Waals surface area contributed by atoms with Gasteiger partial charge in [-0.2, -0.15) is 0 Å². The van der Waals surface area contributed by atoms with Gasteiger partial charge >= 0.3 is 0 Å². The lowest BCUT2D eigenvalue weighted by molar-refractivity contribution is 0.0947. The van der Waals surface area contributed by atoms with Gasteiger partial charge in [0.25, 0.3) is 5.91 Å². The van der Waals surface area contributed by atoms with Gasteiger partial charge in [0.1, 0.15) is 5.69 Å². The van der Waals surface area contributed by atoms with Gasteiger partial charge in [-0.3, -0.25) is 4.79 Å². The van der Waals surface area contributed by atoms with Crippen molar-refractivity contribution in [2.75, 3.05) is 0 Å². The number of nitrogens with zero attached hydrogens (tertiary/aromatic N) is 3. The van der Waals surface area contributed by atoms with Crippen LogP contribution >= 0.6 is 11.3 Å². The van der Waals surface area contributed by atoms with Gasteiger partial charge in [-0.25, -0.2) is 15.0 Å². The van der Waals surface area contributed by atoms with Crippen LogP contribution < -0.4 is 5.32 Å². The van der Waals surface area contributed by atoms with Gasteiger partial charge in [-0.05, 0) is 44.0 Å². The van der Waals surface area contributed by atoms with E-state index < -0.39 is 0 Å². The predicted molar refractivity (Wildman–Crippen MR) is 107 cm³/mol. The Balaban J connectivity index is 1.54. The van der Waals surface area contributed by atoms with Crippen LogP contribution in [0.1, 0.15) is 32.9 Å². The molecule has 0 bridgehead atoms. The molecule has 3 aromatic heterocycles. The Bertz CT molecular complexity index is 1130. The highest BCUT2D eigenvalue weighted by molar-refractivity contribution is 7.13. The first kappa shape index (κ1) is 17.4. The van der Waals surface area contributed by atoms with Gasteiger partial charge in [-0.1, -0.05) is 11.6 Å². The fourth-order valence-corrected chi connectivity index (χ4v) is 3.83. The zero-order valence-electron chi connectivity index (χ0n) is 15.3. The highest BCUT2D eigenvalue weighted by Crippen LogP contribution is 2.26. The van der Waals surface area contributed by atoms with E-state index in [0.717, 1.165) is 16.8 Å². The Kier molecular flexibility index (Phi) is 4.45. The van der Waals surface area contributed by atoms with E-state index in [4.69, 9.17) is 0 Å². The van der Waals surface area contributed by atoms with Gasteiger partial charge in [0.15, 0.2) is 10.8 Å². The highest BCUT2D eigenvalue weighted by atomic mass is 32.1. The van der Waals surface area contributed by atoms with E-state index in [0.29, 0.717) is 23.1 Å². The van der Waals surface area contributed by atoms with Gasteiger partial charge in [0.2, 0.25) is 0 Å². The van der Waals surface area contributed by atoms with Crippen LogP contribution in [-0.4, -0.2) is 25.8 Å². The maximum absolute atomic E-state index is 12.5. The predicted octanol–water partition coefficient (Wildman–Crippen LogP) is 3.94. The topological polar surface area (TPSA) is 83.6 Å². The number of fused-ring (bicyclic) bond motifs is 1. The molecule has 0 spiro atoms. The van der Waals surface area contributed by atoms with E-state index in [-0.39, 0.29) is 5.91 Å². The first-order valence-electron chi connectivity index (χ1n) is 8.62. The SMILES string of the molecule is Cc1cc(CNC(=O)c2csc(-c3ncccn3)n2)c2[nH]c(C)c(C)c2c1. The average Bonchev–Trinajstić information content (AvgIpc) is 3.27. The van der Waals surface area contributed by atoms with Crippen LogP contribution in [0, 0.1) is 20.8 Å². The van der Waals surface area contributed by atoms with Crippen molar-refractivity contribution in [2.45, 2.75) is 27.3 Å². The molecule has 0 aliphatic rings. The number of rotatable bonds is 4. The maximum Gasteiger partial charge on any atom is 0.271 e. The summed E-state index contributed by atoms with van der Waals surface area (Å²) in [6.07, 6.45) is 3.32. The molecule has 2 N–H and O–H groups in total. The quantitative estimate of drug-likeness (QED) is 0.564. The molecule has 1 amide bonds. The number of hydrogen-bond acceptors (Lipinski definition) is 5. The maximum atomic E-state index is 12.5. The number of carbonyl (C=O) groups is 1. The largest absolute Gasteiger partial charge is 0.358 e. The first-order chi connectivity index (χ1) is 13.0. The number of thiazole rings is 1. The number of amides is 1. The molecule has 0 atom stereocenters. The molecule has 0 unspecified atom stereocenters. The fraction of sp³-hybridized carbons (Fsp3) is 0.200. The second-order valence-electron chi connectivity index (χ2n) is 6.51. The van der Waals surface area contributed by atoms with Gasteiger partial charge < -0.3 is 10.3 Å². The zero-order chi connectivity index (χ0) is 19.0. The second-order valence-corrected chi connectivity index (χ2v) is 7.37. The van der Waals surface area contributed by atoms with Crippen molar-refractivity contribution in [3.05, 3.63) is 64.1 Å². The summed E-state index contributed by atoms with van der Waals surface area (Å²) in [4.78, 5) is 28.7. The van der Waals surface area contributed by atoms with E-state index in [2.05, 4.69) is 58.2 Å². The third-order valence-electron chi connectivity index (χ3n) is 4.58. The van der Waals surface area contributed by atoms with E-state index in [9.17, 15) is 4.79 Å². The highest BCUT2D eigenvalue weighted by Gasteiger charge is 2.15. The number of aromatic amines is 1. The summed E-state index contributed by atoms with van der Waals surface area (Å²) >= 11 is 1.36. The number of nitrogens with one attached hydrogen (secondary N) is 2. The Labute approximate surface area is 160 Å². The minimum atomic E-state index is -0.205. The van der Waals surface area contributed by atoms with Crippen molar-refractivity contribution in [1.82, 2.24) is 25.3 Å². The Hall–Kier alpha value is -3.06. The number of H-pyrrole nitrogens is 1. The lowest BCUT2D eigenvalue weighted by atomic mass is 10.0. The number of aryl methyl sites for hydroxylation is 3. The molecule has 1 aromatic carbocycles. The monoisotopic (exact) mass is 377 g/mol. The number of carbonyl (C=O) groups excluding carboxylic acids is 1. The third kappa shape index (κ3) is 3.33. The molecular formula is C20H19N5OS. The molecule has 0 radical (unpaired) electrons. The lowest BCUT2D eigenvalue weighted by Crippen LogP contribution is -2.23. The van der Waals surface area contributed by atoms with Gasteiger partial charge in [-0.15, -0.1) is 11.3 Å². The minimum absolute atomic E-state index is 0.205. The van der Waals surface area contributed by atoms with Crippen molar-refractivity contribution in [1.29, 1.82) is 0 Å². The zero-order valence-corrected chi connectivity index (χ0v) is 16.1. The standard InChI is InChI=1S/C20H19N5OS/c1-11-7-14(17-15(8-11)12(2)13(3)24-17)9-23-19(26)16-10-27-20(25-16)18-21-5-4-6-22-18/h4-8,10,24H,9H2,1-3H3,(H,23,26). The van der Waals surface area contributed by atoms with E-state index in [1.165, 1.54) is 27.8 Å². The van der Waals surface area contributed by atoms with Crippen LogP contribution in [0.25, 0.3) is 21.7 Å². The van der Waals surface area contributed by atoms with E-state index >= 15 is 0 Å². The van der Waals surface area contributed by atoms with Crippen molar-refractivity contribution < 1.29 is 4.79 Å². The first-order valence-corrected chi connectivity index (χ1v) is 9.50. The molecular weight excluding hydrogens is 358 g/mol. The molecule has 0 fully saturated rings. The van der Waals surface area contributed by atoms with Gasteiger partial charge in [0.05, 0.1) is 5.52 Å². The summed E-state index contributed by atoms with van der Waals surface area (Å²) in [5, 5.41) is 6.54. The van der Waals surface area contributed by atoms with Crippen LogP contribution in [0.15, 0.2) is 36.0 Å². The summed E-state index contributed by atoms with van der Waals surface area (Å²) in [6.45, 7) is 6.68. The fourth-order valence-electron chi connectivity index (χ4n) is 3.08. The smallest absolute Gasteiger partial charge is 0.271 e. The Morgan fingerprint density at radius 3 is 2.74 bits per heavy atom. The van der Waals surface area contributed by atoms with E-state index in [1.807, 2.05) is 0 Å². The summed E-state index contributed by atoms with van der Waals surface area (Å²) in [5.74, 6) is 0.322. The number of hydrogen-bond donors (Lipinski definition) is 2. The van der Waals surface area contributed by atoms with Crippen LogP contribution in [-0.2, 0) is 6.54 Å². The Morgan fingerprint density at radius 1 is 1.19 bits per heavy atom. The van der Waals surface area contributed by atoms with Crippen LogP contribution in [0.2, 0.25) is 0 Å². The summed E-state index contributed by atoms with van der Waals surface area (Å²) in [6, 6.07) is 6.02. The van der Waals surface area contributed by atoms with Crippen LogP contribution in [0.5, 0.6) is 0 Å². The molecule has 4 aromatic rings. The average molecular weight is 377 g/mol. The van der Waals surface area contributed by atoms with Gasteiger partial charge in [0, 0.05) is 35.4 Å². The molecule has 0 saturated heterocycles. The van der Waals surface area contributed by atoms with E-state index in [1.54, 1.807) is 23.8 Å². The normalized spacial score (nSPS) is 11.1. The Morgan fingerprint density at radius 2 is 1.96 bits per heavy atom. The summed E-state index contributed by atoms with van der Waals surface area (Å²) < 4.78 is 0. The van der Waals surface area contributed by atoms with Crippen LogP contribution in [0.3, 0.4) is 0 Å². The number of aromatic nitrogens is 4. The van der Waals surface area contributed by atoms with Crippen molar-refractivity contribution in [3.63, 3.8) is 0 Å². The molecule has 0 saturated carbocycles. The molecule has 4 rings (SSSR count). The second kappa shape index (κ2) is 6.92. The molecule has 6 nitrogen and oxygen atoms in total. The molecule has 7 heteroatoms. The molecule has 3 heterocycles.